The van der Waals surface area contributed by atoms with Crippen LogP contribution < -0.4 is 11.0 Å². The van der Waals surface area contributed by atoms with Gasteiger partial charge in [-0.3, -0.25) is 14.3 Å². The summed E-state index contributed by atoms with van der Waals surface area (Å²) in [4.78, 5) is 33.7. The van der Waals surface area contributed by atoms with Gasteiger partial charge in [0.25, 0.3) is 5.91 Å². The van der Waals surface area contributed by atoms with Gasteiger partial charge in [0.15, 0.2) is 0 Å². The van der Waals surface area contributed by atoms with Crippen LogP contribution in [0.15, 0.2) is 35.1 Å². The first kappa shape index (κ1) is 23.3. The highest BCUT2D eigenvalue weighted by atomic mass is 32.1. The normalized spacial score (nSPS) is 16.1. The summed E-state index contributed by atoms with van der Waals surface area (Å²) in [5.74, 6) is -0.240. The number of hydrogen-bond donors (Lipinski definition) is 3. The summed E-state index contributed by atoms with van der Waals surface area (Å²) >= 11 is 5.47. The second kappa shape index (κ2) is 9.17. The minimum absolute atomic E-state index is 0.193. The van der Waals surface area contributed by atoms with Crippen LogP contribution in [0, 0.1) is 11.6 Å². The maximum absolute atomic E-state index is 12.3. The summed E-state index contributed by atoms with van der Waals surface area (Å²) in [6.45, 7) is 6.42. The average Bonchev–Trinajstić information content (AvgIpc) is 2.80. The second-order valence-corrected chi connectivity index (χ2v) is 8.96. The summed E-state index contributed by atoms with van der Waals surface area (Å²) in [6.07, 6.45) is 1.15. The fourth-order valence-electron chi connectivity index (χ4n) is 4.60. The van der Waals surface area contributed by atoms with E-state index in [9.17, 15) is 14.7 Å². The number of benzene rings is 1. The summed E-state index contributed by atoms with van der Waals surface area (Å²) in [6, 6.07) is 9.48. The number of aromatic nitrogens is 3. The highest BCUT2D eigenvalue weighted by Crippen LogP contribution is 2.34. The minimum Gasteiger partial charge on any atom is -0.385 e. The molecule has 1 aromatic carbocycles. The molecule has 1 aliphatic rings. The van der Waals surface area contributed by atoms with Crippen molar-refractivity contribution in [2.75, 3.05) is 20.1 Å². The van der Waals surface area contributed by atoms with Crippen molar-refractivity contribution in [2.24, 2.45) is 0 Å². The summed E-state index contributed by atoms with van der Waals surface area (Å²) in [5, 5.41) is 14.8. The summed E-state index contributed by atoms with van der Waals surface area (Å²) < 4.78 is 2.11. The number of hydrogen-bond acceptors (Lipinski definition) is 6. The zero-order valence-electron chi connectivity index (χ0n) is 19.1. The van der Waals surface area contributed by atoms with Crippen molar-refractivity contribution in [2.45, 2.75) is 45.4 Å². The fourth-order valence-corrected chi connectivity index (χ4v) is 4.99. The van der Waals surface area contributed by atoms with Gasteiger partial charge in [0, 0.05) is 49.9 Å². The number of amides is 1. The molecule has 0 radical (unpaired) electrons. The molecule has 0 aliphatic carbocycles. The van der Waals surface area contributed by atoms with Gasteiger partial charge in [0.2, 0.25) is 0 Å². The van der Waals surface area contributed by atoms with Crippen molar-refractivity contribution in [3.63, 3.8) is 0 Å². The van der Waals surface area contributed by atoms with Gasteiger partial charge in [-0.15, -0.1) is 0 Å². The lowest BCUT2D eigenvalue weighted by Gasteiger charge is -2.39. The number of nitrogens with zero attached hydrogens (tertiary/aromatic N) is 3. The zero-order valence-corrected chi connectivity index (χ0v) is 20.0. The lowest BCUT2D eigenvalue weighted by atomic mass is 9.83. The van der Waals surface area contributed by atoms with Crippen molar-refractivity contribution in [3.05, 3.63) is 68.0 Å². The number of aromatic amines is 1. The predicted molar refractivity (Wildman–Crippen MR) is 130 cm³/mol. The largest absolute Gasteiger partial charge is 0.385 e. The topological polar surface area (TPSA) is 103 Å². The number of H-pyrrole nitrogens is 1. The molecule has 0 bridgehead atoms. The van der Waals surface area contributed by atoms with Crippen LogP contribution in [-0.2, 0) is 18.7 Å². The molecule has 0 saturated carbocycles. The molecule has 2 aromatic heterocycles. The Balaban J connectivity index is 1.48. The number of fused-ring (bicyclic) bond motifs is 1. The van der Waals surface area contributed by atoms with Gasteiger partial charge in [0.05, 0.1) is 11.1 Å². The number of aryl methyl sites for hydroxylation is 1. The van der Waals surface area contributed by atoms with Crippen LogP contribution in [0.1, 0.15) is 47.1 Å². The van der Waals surface area contributed by atoms with Crippen LogP contribution in [-0.4, -0.2) is 50.6 Å². The average molecular weight is 468 g/mol. The van der Waals surface area contributed by atoms with Gasteiger partial charge >= 0.3 is 5.69 Å². The summed E-state index contributed by atoms with van der Waals surface area (Å²) in [5.41, 5.74) is 2.48. The number of pyridine rings is 1. The molecule has 1 saturated heterocycles. The molecule has 4 rings (SSSR count). The summed E-state index contributed by atoms with van der Waals surface area (Å²) in [7, 11) is 1.57. The molecule has 3 N–H and O–H groups in total. The Hall–Kier alpha value is -2.88. The van der Waals surface area contributed by atoms with Crippen molar-refractivity contribution < 1.29 is 9.90 Å². The number of likely N-dealkylation sites (tertiary alicyclic amines) is 1. The number of piperidine rings is 1. The SMILES string of the molecule is CCn1c(=O)[nH]c2cc(CN3CCC(O)(c4ccc(C(=O)NC)nc4C)CC3)ccc2c1=S. The van der Waals surface area contributed by atoms with Crippen LogP contribution in [0.4, 0.5) is 0 Å². The minimum atomic E-state index is -0.964. The van der Waals surface area contributed by atoms with Gasteiger partial charge in [0.1, 0.15) is 10.3 Å². The van der Waals surface area contributed by atoms with Gasteiger partial charge in [-0.05, 0) is 50.5 Å². The van der Waals surface area contributed by atoms with E-state index in [2.05, 4.69) is 20.2 Å². The lowest BCUT2D eigenvalue weighted by Crippen LogP contribution is -2.42. The number of carbonyl (C=O) groups is 1. The smallest absolute Gasteiger partial charge is 0.326 e. The molecular weight excluding hydrogens is 438 g/mol. The van der Waals surface area contributed by atoms with E-state index in [4.69, 9.17) is 12.2 Å². The van der Waals surface area contributed by atoms with E-state index in [1.165, 1.54) is 0 Å². The Bertz CT molecular complexity index is 1320. The molecule has 9 heteroatoms. The molecule has 1 aliphatic heterocycles. The molecule has 3 heterocycles. The van der Waals surface area contributed by atoms with Crippen molar-refractivity contribution >= 4 is 29.0 Å². The molecule has 0 spiro atoms. The van der Waals surface area contributed by atoms with Crippen molar-refractivity contribution in [3.8, 4) is 0 Å². The molecule has 8 nitrogen and oxygen atoms in total. The molecule has 0 unspecified atom stereocenters. The van der Waals surface area contributed by atoms with E-state index in [-0.39, 0.29) is 11.6 Å². The first-order valence-corrected chi connectivity index (χ1v) is 11.6. The molecular formula is C24H29N5O3S. The highest BCUT2D eigenvalue weighted by Gasteiger charge is 2.35. The van der Waals surface area contributed by atoms with Gasteiger partial charge in [-0.25, -0.2) is 9.78 Å². The van der Waals surface area contributed by atoms with E-state index in [1.807, 2.05) is 38.1 Å². The Morgan fingerprint density at radius 2 is 2.00 bits per heavy atom. The van der Waals surface area contributed by atoms with E-state index >= 15 is 0 Å². The molecule has 1 fully saturated rings. The fraction of sp³-hybridized carbons (Fsp3) is 0.417. The van der Waals surface area contributed by atoms with Gasteiger partial charge < -0.3 is 15.4 Å². The molecule has 0 atom stereocenters. The molecule has 33 heavy (non-hydrogen) atoms. The third kappa shape index (κ3) is 4.48. The van der Waals surface area contributed by atoms with E-state index in [0.717, 1.165) is 41.7 Å². The maximum Gasteiger partial charge on any atom is 0.326 e. The van der Waals surface area contributed by atoms with Crippen LogP contribution in [0.25, 0.3) is 10.9 Å². The number of nitrogens with one attached hydrogen (secondary N) is 2. The van der Waals surface area contributed by atoms with E-state index in [0.29, 0.717) is 35.4 Å². The second-order valence-electron chi connectivity index (χ2n) is 8.58. The Morgan fingerprint density at radius 3 is 2.64 bits per heavy atom. The number of rotatable bonds is 5. The lowest BCUT2D eigenvalue weighted by molar-refractivity contribution is -0.0285. The Labute approximate surface area is 197 Å². The number of aliphatic hydroxyl groups is 1. The van der Waals surface area contributed by atoms with Crippen molar-refractivity contribution in [1.82, 2.24) is 24.8 Å². The first-order chi connectivity index (χ1) is 15.8. The monoisotopic (exact) mass is 467 g/mol. The first-order valence-electron chi connectivity index (χ1n) is 11.2. The van der Waals surface area contributed by atoms with Crippen LogP contribution in [0.3, 0.4) is 0 Å². The Kier molecular flexibility index (Phi) is 6.47. The van der Waals surface area contributed by atoms with Crippen LogP contribution >= 0.6 is 12.2 Å². The Morgan fingerprint density at radius 1 is 1.27 bits per heavy atom. The van der Waals surface area contributed by atoms with E-state index < -0.39 is 5.60 Å². The molecule has 3 aromatic rings. The zero-order chi connectivity index (χ0) is 23.8. The van der Waals surface area contributed by atoms with Crippen molar-refractivity contribution in [1.29, 1.82) is 0 Å². The standard InChI is InChI=1S/C24H29N5O3S/c1-4-29-22(33)17-6-5-16(13-20(17)27-23(29)31)14-28-11-9-24(32,10-12-28)18-7-8-19(21(30)25-3)26-15(18)2/h5-8,13,32H,4,9-12,14H2,1-3H3,(H,25,30)(H,27,31). The third-order valence-corrected chi connectivity index (χ3v) is 6.94. The van der Waals surface area contributed by atoms with Gasteiger partial charge in [-0.1, -0.05) is 24.4 Å². The molecule has 1 amide bonds. The molecule has 174 valence electrons. The maximum atomic E-state index is 12.3. The van der Waals surface area contributed by atoms with Gasteiger partial charge in [-0.2, -0.15) is 0 Å². The third-order valence-electron chi connectivity index (χ3n) is 6.50. The van der Waals surface area contributed by atoms with Crippen LogP contribution in [0.5, 0.6) is 0 Å². The quantitative estimate of drug-likeness (QED) is 0.499. The van der Waals surface area contributed by atoms with Crippen LogP contribution in [0.2, 0.25) is 0 Å². The predicted octanol–water partition coefficient (Wildman–Crippen LogP) is 2.63. The highest BCUT2D eigenvalue weighted by molar-refractivity contribution is 7.71. The van der Waals surface area contributed by atoms with E-state index in [1.54, 1.807) is 17.7 Å². The number of carbonyl (C=O) groups excluding carboxylic acids is 1.